The van der Waals surface area contributed by atoms with Gasteiger partial charge < -0.3 is 20.1 Å². The normalized spacial score (nSPS) is 16.7. The van der Waals surface area contributed by atoms with E-state index >= 15 is 0 Å². The second-order valence-electron chi connectivity index (χ2n) is 1.22. The van der Waals surface area contributed by atoms with Crippen molar-refractivity contribution in [3.05, 3.63) is 0 Å². The summed E-state index contributed by atoms with van der Waals surface area (Å²) in [5.74, 6) is 0. The van der Waals surface area contributed by atoms with Crippen LogP contribution in [-0.4, -0.2) is 44.1 Å². The molecule has 1 aliphatic heterocycles. The maximum atomic E-state index is 7.00. The third-order valence-electron chi connectivity index (χ3n) is 0.744. The Hall–Kier alpha value is -0.160. The van der Waals surface area contributed by atoms with Crippen LogP contribution in [0, 0.1) is 0 Å². The molecule has 0 atom stereocenters. The minimum atomic E-state index is 0. The predicted molar refractivity (Wildman–Crippen MR) is 33.4 cm³/mol. The van der Waals surface area contributed by atoms with Crippen molar-refractivity contribution < 1.29 is 20.1 Å². The lowest BCUT2D eigenvalue weighted by atomic mass is 10.6. The van der Waals surface area contributed by atoms with Crippen LogP contribution in [-0.2, 0) is 9.47 Å². The van der Waals surface area contributed by atoms with Gasteiger partial charge in [-0.05, 0) is 0 Å². The predicted octanol–water partition coefficient (Wildman–Crippen LogP) is -1.18. The van der Waals surface area contributed by atoms with Crippen LogP contribution < -0.4 is 0 Å². The van der Waals surface area contributed by atoms with Gasteiger partial charge in [-0.15, -0.1) is 0 Å². The Morgan fingerprint density at radius 1 is 0.889 bits per heavy atom. The largest absolute Gasteiger partial charge is 0.412 e. The monoisotopic (exact) mass is 138 g/mol. The Kier molecular flexibility index (Phi) is 13.9. The zero-order valence-electron chi connectivity index (χ0n) is 5.59. The molecule has 1 rings (SSSR count). The lowest BCUT2D eigenvalue weighted by Gasteiger charge is -2.09. The molecule has 0 bridgehead atoms. The molecule has 1 aliphatic rings. The van der Waals surface area contributed by atoms with Crippen molar-refractivity contribution in [3.63, 3.8) is 0 Å². The van der Waals surface area contributed by atoms with E-state index in [-0.39, 0.29) is 5.48 Å². The van der Waals surface area contributed by atoms with E-state index in [2.05, 4.69) is 0 Å². The number of aliphatic hydroxyl groups is 1. The van der Waals surface area contributed by atoms with Crippen LogP contribution >= 0.6 is 0 Å². The Morgan fingerprint density at radius 3 is 1.22 bits per heavy atom. The molecule has 0 aromatic rings. The Bertz CT molecular complexity index is 24.4. The molecule has 4 nitrogen and oxygen atoms in total. The molecule has 0 aliphatic carbocycles. The molecule has 4 heteroatoms. The van der Waals surface area contributed by atoms with Gasteiger partial charge in [0.25, 0.3) is 0 Å². The minimum absolute atomic E-state index is 0. The molecule has 0 aromatic heterocycles. The van der Waals surface area contributed by atoms with Gasteiger partial charge in [0.05, 0.1) is 26.4 Å². The molecule has 3 N–H and O–H groups in total. The van der Waals surface area contributed by atoms with E-state index in [0.29, 0.717) is 0 Å². The standard InChI is InChI=1S/C4H8O2.CH4O.H2O/c1-2-6-4-3-5-1;1-2;/h1-4H2;2H,1H3;1H2. The summed E-state index contributed by atoms with van der Waals surface area (Å²) in [7, 11) is 1.00. The van der Waals surface area contributed by atoms with E-state index in [1.807, 2.05) is 0 Å². The molecule has 58 valence electrons. The van der Waals surface area contributed by atoms with E-state index in [9.17, 15) is 0 Å². The van der Waals surface area contributed by atoms with Crippen LogP contribution in [0.2, 0.25) is 0 Å². The molecule has 0 amide bonds. The summed E-state index contributed by atoms with van der Waals surface area (Å²) in [6.45, 7) is 3.11. The topological polar surface area (TPSA) is 70.2 Å². The number of hydrogen-bond donors (Lipinski definition) is 1. The molecule has 0 spiro atoms. The lowest BCUT2D eigenvalue weighted by Crippen LogP contribution is -2.16. The summed E-state index contributed by atoms with van der Waals surface area (Å²) in [4.78, 5) is 0. The molecule has 1 saturated heterocycles. The van der Waals surface area contributed by atoms with E-state index in [4.69, 9.17) is 14.6 Å². The molecule has 1 fully saturated rings. The van der Waals surface area contributed by atoms with Crippen LogP contribution in [0.15, 0.2) is 0 Å². The van der Waals surface area contributed by atoms with Gasteiger partial charge in [-0.1, -0.05) is 0 Å². The highest BCUT2D eigenvalue weighted by atomic mass is 16.6. The van der Waals surface area contributed by atoms with E-state index in [0.717, 1.165) is 33.5 Å². The molecule has 1 heterocycles. The fourth-order valence-corrected chi connectivity index (χ4v) is 0.440. The Balaban J connectivity index is 0. The average Bonchev–Trinajstić information content (AvgIpc) is 1.96. The van der Waals surface area contributed by atoms with Crippen molar-refractivity contribution in [2.24, 2.45) is 0 Å². The van der Waals surface area contributed by atoms with Gasteiger partial charge in [0.1, 0.15) is 0 Å². The van der Waals surface area contributed by atoms with Gasteiger partial charge in [-0.25, -0.2) is 0 Å². The van der Waals surface area contributed by atoms with Crippen molar-refractivity contribution in [3.8, 4) is 0 Å². The second kappa shape index (κ2) is 10.8. The summed E-state index contributed by atoms with van der Waals surface area (Å²) < 4.78 is 9.89. The maximum absolute atomic E-state index is 7.00. The highest BCUT2D eigenvalue weighted by Crippen LogP contribution is 1.85. The van der Waals surface area contributed by atoms with Gasteiger partial charge in [0, 0.05) is 7.11 Å². The fourth-order valence-electron chi connectivity index (χ4n) is 0.440. The van der Waals surface area contributed by atoms with Crippen molar-refractivity contribution >= 4 is 0 Å². The van der Waals surface area contributed by atoms with Crippen LogP contribution in [0.3, 0.4) is 0 Å². The summed E-state index contributed by atoms with van der Waals surface area (Å²) in [5, 5.41) is 7.00. The number of aliphatic hydroxyl groups excluding tert-OH is 1. The summed E-state index contributed by atoms with van der Waals surface area (Å²) in [6, 6.07) is 0. The Morgan fingerprint density at radius 2 is 1.11 bits per heavy atom. The first kappa shape index (κ1) is 11.6. The molecule has 0 saturated carbocycles. The fraction of sp³-hybridized carbons (Fsp3) is 1.00. The highest BCUT2D eigenvalue weighted by Gasteiger charge is 1.94. The Labute approximate surface area is 54.7 Å². The van der Waals surface area contributed by atoms with Gasteiger partial charge in [0.2, 0.25) is 0 Å². The third-order valence-corrected chi connectivity index (χ3v) is 0.744. The maximum Gasteiger partial charge on any atom is 0.0701 e. The van der Waals surface area contributed by atoms with Crippen LogP contribution in [0.4, 0.5) is 0 Å². The minimum Gasteiger partial charge on any atom is -0.412 e. The van der Waals surface area contributed by atoms with Crippen molar-refractivity contribution in [2.75, 3.05) is 33.5 Å². The van der Waals surface area contributed by atoms with Crippen LogP contribution in [0.1, 0.15) is 0 Å². The van der Waals surface area contributed by atoms with Gasteiger partial charge >= 0.3 is 0 Å². The van der Waals surface area contributed by atoms with E-state index in [1.54, 1.807) is 0 Å². The smallest absolute Gasteiger partial charge is 0.0701 e. The van der Waals surface area contributed by atoms with Gasteiger partial charge in [-0.2, -0.15) is 0 Å². The molecule has 0 unspecified atom stereocenters. The van der Waals surface area contributed by atoms with E-state index in [1.165, 1.54) is 0 Å². The molecule has 9 heavy (non-hydrogen) atoms. The summed E-state index contributed by atoms with van der Waals surface area (Å²) in [5.41, 5.74) is 0. The van der Waals surface area contributed by atoms with Crippen molar-refractivity contribution in [1.82, 2.24) is 0 Å². The summed E-state index contributed by atoms with van der Waals surface area (Å²) in [6.07, 6.45) is 0. The first-order chi connectivity index (χ1) is 4.00. The zero-order chi connectivity index (χ0) is 6.24. The van der Waals surface area contributed by atoms with Crippen molar-refractivity contribution in [1.29, 1.82) is 0 Å². The summed E-state index contributed by atoms with van der Waals surface area (Å²) >= 11 is 0. The number of rotatable bonds is 0. The van der Waals surface area contributed by atoms with Crippen molar-refractivity contribution in [2.45, 2.75) is 0 Å². The molecular weight excluding hydrogens is 124 g/mol. The first-order valence-electron chi connectivity index (χ1n) is 2.60. The highest BCUT2D eigenvalue weighted by molar-refractivity contribution is 4.37. The molecule has 0 radical (unpaired) electrons. The second-order valence-corrected chi connectivity index (χ2v) is 1.22. The zero-order valence-corrected chi connectivity index (χ0v) is 5.59. The lowest BCUT2D eigenvalue weighted by molar-refractivity contribution is -0.0334. The van der Waals surface area contributed by atoms with Crippen LogP contribution in [0.25, 0.3) is 0 Å². The quantitative estimate of drug-likeness (QED) is 0.458. The van der Waals surface area contributed by atoms with E-state index < -0.39 is 0 Å². The van der Waals surface area contributed by atoms with Crippen LogP contribution in [0.5, 0.6) is 0 Å². The van der Waals surface area contributed by atoms with Gasteiger partial charge in [0.15, 0.2) is 0 Å². The molecule has 0 aromatic carbocycles. The number of ether oxygens (including phenoxy) is 2. The first-order valence-corrected chi connectivity index (χ1v) is 2.60. The molecular formula is C5H14O4. The third kappa shape index (κ3) is 7.84. The average molecular weight is 138 g/mol. The van der Waals surface area contributed by atoms with Gasteiger partial charge in [-0.3, -0.25) is 0 Å². The number of hydrogen-bond acceptors (Lipinski definition) is 3. The SMILES string of the molecule is C1COCCO1.CO.O.